The van der Waals surface area contributed by atoms with E-state index in [0.29, 0.717) is 6.54 Å². The summed E-state index contributed by atoms with van der Waals surface area (Å²) in [5, 5.41) is 2.72. The number of carbonyl (C=O) groups excluding carboxylic acids is 2. The summed E-state index contributed by atoms with van der Waals surface area (Å²) in [6.45, 7) is 5.13. The standard InChI is InChI=1S/C19H26N4O2/c1-13(2)19(25)20-11-17(24)23-10-6-7-14(12-23)18-21-15-8-4-5-9-16(15)22(18)3/h4-5,8-9,13-14H,6-7,10-12H2,1-3H3,(H,20,25). The first-order valence-electron chi connectivity index (χ1n) is 8.94. The van der Waals surface area contributed by atoms with Crippen LogP contribution in [0.15, 0.2) is 24.3 Å². The number of nitrogens with one attached hydrogen (secondary N) is 1. The lowest BCUT2D eigenvalue weighted by Crippen LogP contribution is -2.45. The highest BCUT2D eigenvalue weighted by atomic mass is 16.2. The molecule has 0 radical (unpaired) electrons. The van der Waals surface area contributed by atoms with Gasteiger partial charge in [0, 0.05) is 32.0 Å². The highest BCUT2D eigenvalue weighted by Crippen LogP contribution is 2.28. The summed E-state index contributed by atoms with van der Waals surface area (Å²) < 4.78 is 2.13. The highest BCUT2D eigenvalue weighted by molar-refractivity contribution is 5.85. The summed E-state index contributed by atoms with van der Waals surface area (Å²) >= 11 is 0. The Morgan fingerprint density at radius 2 is 2.08 bits per heavy atom. The summed E-state index contributed by atoms with van der Waals surface area (Å²) in [5.74, 6) is 1.05. The van der Waals surface area contributed by atoms with Gasteiger partial charge in [-0.1, -0.05) is 26.0 Å². The quantitative estimate of drug-likeness (QED) is 0.925. The van der Waals surface area contributed by atoms with E-state index in [9.17, 15) is 9.59 Å². The molecule has 1 aliphatic rings. The zero-order valence-corrected chi connectivity index (χ0v) is 15.2. The van der Waals surface area contributed by atoms with Crippen LogP contribution < -0.4 is 5.32 Å². The smallest absolute Gasteiger partial charge is 0.241 e. The molecule has 1 atom stereocenters. The van der Waals surface area contributed by atoms with Gasteiger partial charge in [0.05, 0.1) is 17.6 Å². The minimum absolute atomic E-state index is 0.0162. The molecule has 0 aliphatic carbocycles. The van der Waals surface area contributed by atoms with Crippen LogP contribution in [0.1, 0.15) is 38.4 Å². The van der Waals surface area contributed by atoms with E-state index in [1.165, 1.54) is 0 Å². The number of piperidine rings is 1. The summed E-state index contributed by atoms with van der Waals surface area (Å²) in [6, 6.07) is 8.10. The number of amides is 2. The Labute approximate surface area is 148 Å². The molecular formula is C19H26N4O2. The van der Waals surface area contributed by atoms with E-state index < -0.39 is 0 Å². The van der Waals surface area contributed by atoms with Gasteiger partial charge in [-0.05, 0) is 25.0 Å². The van der Waals surface area contributed by atoms with Gasteiger partial charge in [-0.2, -0.15) is 0 Å². The molecule has 1 unspecified atom stereocenters. The SMILES string of the molecule is CC(C)C(=O)NCC(=O)N1CCCC(c2nc3ccccc3n2C)C1. The molecule has 25 heavy (non-hydrogen) atoms. The summed E-state index contributed by atoms with van der Waals surface area (Å²) in [7, 11) is 2.04. The number of hydrogen-bond donors (Lipinski definition) is 1. The predicted molar refractivity (Wildman–Crippen MR) is 97.1 cm³/mol. The van der Waals surface area contributed by atoms with Crippen molar-refractivity contribution in [2.45, 2.75) is 32.6 Å². The first kappa shape index (κ1) is 17.5. The first-order chi connectivity index (χ1) is 12.0. The van der Waals surface area contributed by atoms with Gasteiger partial charge in [-0.3, -0.25) is 9.59 Å². The Balaban J connectivity index is 1.69. The fraction of sp³-hybridized carbons (Fsp3) is 0.526. The van der Waals surface area contributed by atoms with Crippen LogP contribution in [0.2, 0.25) is 0 Å². The second-order valence-electron chi connectivity index (χ2n) is 7.07. The average molecular weight is 342 g/mol. The zero-order chi connectivity index (χ0) is 18.0. The molecule has 6 heteroatoms. The van der Waals surface area contributed by atoms with Crippen LogP contribution in [-0.4, -0.2) is 45.9 Å². The largest absolute Gasteiger partial charge is 0.347 e. The van der Waals surface area contributed by atoms with Gasteiger partial charge in [0.2, 0.25) is 11.8 Å². The van der Waals surface area contributed by atoms with Crippen molar-refractivity contribution in [2.24, 2.45) is 13.0 Å². The van der Waals surface area contributed by atoms with Gasteiger partial charge in [-0.15, -0.1) is 0 Å². The van der Waals surface area contributed by atoms with Crippen LogP contribution in [0.3, 0.4) is 0 Å². The molecule has 1 saturated heterocycles. The fourth-order valence-electron chi connectivity index (χ4n) is 3.42. The normalized spacial score (nSPS) is 17.9. The Bertz CT molecular complexity index is 781. The molecule has 2 heterocycles. The molecule has 0 spiro atoms. The van der Waals surface area contributed by atoms with Crippen molar-refractivity contribution in [2.75, 3.05) is 19.6 Å². The molecule has 1 fully saturated rings. The molecule has 2 aromatic rings. The molecule has 1 aliphatic heterocycles. The van der Waals surface area contributed by atoms with Crippen LogP contribution in [-0.2, 0) is 16.6 Å². The summed E-state index contributed by atoms with van der Waals surface area (Å²) in [4.78, 5) is 30.7. The van der Waals surface area contributed by atoms with Crippen LogP contribution in [0.25, 0.3) is 11.0 Å². The Hall–Kier alpha value is -2.37. The number of likely N-dealkylation sites (tertiary alicyclic amines) is 1. The van der Waals surface area contributed by atoms with Crippen LogP contribution in [0.4, 0.5) is 0 Å². The number of para-hydroxylation sites is 2. The van der Waals surface area contributed by atoms with Gasteiger partial charge in [0.1, 0.15) is 5.82 Å². The number of aryl methyl sites for hydroxylation is 1. The molecule has 1 aromatic carbocycles. The van der Waals surface area contributed by atoms with E-state index >= 15 is 0 Å². The lowest BCUT2D eigenvalue weighted by atomic mass is 9.97. The topological polar surface area (TPSA) is 67.2 Å². The van der Waals surface area contributed by atoms with Crippen molar-refractivity contribution in [1.82, 2.24) is 19.8 Å². The molecular weight excluding hydrogens is 316 g/mol. The number of rotatable bonds is 4. The summed E-state index contributed by atoms with van der Waals surface area (Å²) in [5.41, 5.74) is 2.11. The molecule has 1 aromatic heterocycles. The third-order valence-corrected chi connectivity index (χ3v) is 4.90. The number of aromatic nitrogens is 2. The van der Waals surface area contributed by atoms with Crippen molar-refractivity contribution in [3.8, 4) is 0 Å². The van der Waals surface area contributed by atoms with Crippen molar-refractivity contribution in [3.05, 3.63) is 30.1 Å². The number of nitrogens with zero attached hydrogens (tertiary/aromatic N) is 3. The fourth-order valence-corrected chi connectivity index (χ4v) is 3.42. The van der Waals surface area contributed by atoms with E-state index in [1.807, 2.05) is 44.0 Å². The molecule has 0 bridgehead atoms. The lowest BCUT2D eigenvalue weighted by Gasteiger charge is -2.32. The van der Waals surface area contributed by atoms with Crippen molar-refractivity contribution in [3.63, 3.8) is 0 Å². The third-order valence-electron chi connectivity index (χ3n) is 4.90. The monoisotopic (exact) mass is 342 g/mol. The van der Waals surface area contributed by atoms with Gasteiger partial charge >= 0.3 is 0 Å². The Morgan fingerprint density at radius 1 is 1.32 bits per heavy atom. The van der Waals surface area contributed by atoms with Crippen molar-refractivity contribution < 1.29 is 9.59 Å². The van der Waals surface area contributed by atoms with E-state index in [0.717, 1.165) is 36.2 Å². The lowest BCUT2D eigenvalue weighted by molar-refractivity contribution is -0.134. The minimum atomic E-state index is -0.109. The van der Waals surface area contributed by atoms with Crippen LogP contribution >= 0.6 is 0 Å². The molecule has 2 amide bonds. The molecule has 6 nitrogen and oxygen atoms in total. The van der Waals surface area contributed by atoms with Gasteiger partial charge in [-0.25, -0.2) is 4.98 Å². The van der Waals surface area contributed by atoms with Gasteiger partial charge < -0.3 is 14.8 Å². The Morgan fingerprint density at radius 3 is 2.80 bits per heavy atom. The second kappa shape index (κ2) is 7.25. The minimum Gasteiger partial charge on any atom is -0.347 e. The molecule has 3 rings (SSSR count). The molecule has 0 saturated carbocycles. The van der Waals surface area contributed by atoms with Gasteiger partial charge in [0.15, 0.2) is 0 Å². The maximum absolute atomic E-state index is 12.4. The van der Waals surface area contributed by atoms with Crippen LogP contribution in [0.5, 0.6) is 0 Å². The predicted octanol–water partition coefficient (Wildman–Crippen LogP) is 2.05. The maximum Gasteiger partial charge on any atom is 0.241 e. The zero-order valence-electron chi connectivity index (χ0n) is 15.2. The van der Waals surface area contributed by atoms with Crippen LogP contribution in [0, 0.1) is 5.92 Å². The number of fused-ring (bicyclic) bond motifs is 1. The molecule has 1 N–H and O–H groups in total. The first-order valence-corrected chi connectivity index (χ1v) is 8.94. The molecule has 134 valence electrons. The number of imidazole rings is 1. The van der Waals surface area contributed by atoms with E-state index in [-0.39, 0.29) is 30.2 Å². The van der Waals surface area contributed by atoms with Crippen molar-refractivity contribution in [1.29, 1.82) is 0 Å². The van der Waals surface area contributed by atoms with Crippen molar-refractivity contribution >= 4 is 22.8 Å². The third kappa shape index (κ3) is 3.67. The average Bonchev–Trinajstić information content (AvgIpc) is 2.96. The van der Waals surface area contributed by atoms with Gasteiger partial charge in [0.25, 0.3) is 0 Å². The maximum atomic E-state index is 12.4. The number of benzene rings is 1. The summed E-state index contributed by atoms with van der Waals surface area (Å²) in [6.07, 6.45) is 1.98. The Kier molecular flexibility index (Phi) is 5.06. The van der Waals surface area contributed by atoms with E-state index in [4.69, 9.17) is 4.98 Å². The number of carbonyl (C=O) groups is 2. The highest BCUT2D eigenvalue weighted by Gasteiger charge is 2.28. The van der Waals surface area contributed by atoms with E-state index in [2.05, 4.69) is 16.0 Å². The second-order valence-corrected chi connectivity index (χ2v) is 7.07. The number of hydrogen-bond acceptors (Lipinski definition) is 3. The van der Waals surface area contributed by atoms with E-state index in [1.54, 1.807) is 0 Å².